The lowest BCUT2D eigenvalue weighted by atomic mass is 10.1. The number of hydrogen-bond donors (Lipinski definition) is 1. The van der Waals surface area contributed by atoms with Gasteiger partial charge in [-0.15, -0.1) is 0 Å². The summed E-state index contributed by atoms with van der Waals surface area (Å²) in [7, 11) is 2.31. The molecule has 0 aliphatic heterocycles. The highest BCUT2D eigenvalue weighted by atomic mass is 15.2. The van der Waals surface area contributed by atoms with Gasteiger partial charge in [0.25, 0.3) is 0 Å². The second-order valence-electron chi connectivity index (χ2n) is 5.25. The van der Waals surface area contributed by atoms with E-state index in [4.69, 9.17) is 0 Å². The number of rotatable bonds is 8. The average molecular weight is 226 g/mol. The Morgan fingerprint density at radius 2 is 1.94 bits per heavy atom. The van der Waals surface area contributed by atoms with Crippen LogP contribution in [0.15, 0.2) is 0 Å². The normalized spacial score (nSPS) is 25.5. The van der Waals surface area contributed by atoms with E-state index in [1.54, 1.807) is 0 Å². The van der Waals surface area contributed by atoms with Gasteiger partial charge in [0.05, 0.1) is 0 Å². The summed E-state index contributed by atoms with van der Waals surface area (Å²) < 4.78 is 0. The molecule has 1 aliphatic carbocycles. The van der Waals surface area contributed by atoms with Gasteiger partial charge in [-0.05, 0) is 45.8 Å². The van der Waals surface area contributed by atoms with Gasteiger partial charge in [0.1, 0.15) is 0 Å². The fraction of sp³-hybridized carbons (Fsp3) is 1.00. The molecule has 0 aromatic carbocycles. The van der Waals surface area contributed by atoms with Gasteiger partial charge in [-0.1, -0.05) is 33.1 Å². The van der Waals surface area contributed by atoms with Crippen LogP contribution in [0.1, 0.15) is 58.8 Å². The molecule has 0 heterocycles. The van der Waals surface area contributed by atoms with Gasteiger partial charge in [-0.25, -0.2) is 0 Å². The molecule has 2 heteroatoms. The lowest BCUT2D eigenvalue weighted by molar-refractivity contribution is 0.208. The number of nitrogens with zero attached hydrogens (tertiary/aromatic N) is 1. The molecule has 1 fully saturated rings. The Hall–Kier alpha value is -0.0800. The summed E-state index contributed by atoms with van der Waals surface area (Å²) in [5.74, 6) is 0. The minimum absolute atomic E-state index is 0.756. The minimum atomic E-state index is 0.756. The van der Waals surface area contributed by atoms with Crippen LogP contribution in [-0.2, 0) is 0 Å². The Bertz CT molecular complexity index is 170. The predicted octanol–water partition coefficient (Wildman–Crippen LogP) is 3.03. The number of hydrogen-bond acceptors (Lipinski definition) is 2. The summed E-state index contributed by atoms with van der Waals surface area (Å²) in [6.07, 6.45) is 9.50. The van der Waals surface area contributed by atoms with Crippen molar-refractivity contribution in [2.75, 3.05) is 20.1 Å². The van der Waals surface area contributed by atoms with Gasteiger partial charge >= 0.3 is 0 Å². The second-order valence-corrected chi connectivity index (χ2v) is 5.25. The van der Waals surface area contributed by atoms with Crippen LogP contribution in [0.2, 0.25) is 0 Å². The van der Waals surface area contributed by atoms with Gasteiger partial charge in [0.2, 0.25) is 0 Å². The van der Waals surface area contributed by atoms with E-state index in [0.29, 0.717) is 0 Å². The van der Waals surface area contributed by atoms with Gasteiger partial charge in [0.15, 0.2) is 0 Å². The van der Waals surface area contributed by atoms with Crippen molar-refractivity contribution in [2.45, 2.75) is 70.9 Å². The molecule has 0 radical (unpaired) electrons. The fourth-order valence-electron chi connectivity index (χ4n) is 2.81. The molecule has 0 saturated heterocycles. The summed E-state index contributed by atoms with van der Waals surface area (Å²) in [6.45, 7) is 7.00. The summed E-state index contributed by atoms with van der Waals surface area (Å²) in [4.78, 5) is 2.59. The fourth-order valence-corrected chi connectivity index (χ4v) is 2.81. The number of likely N-dealkylation sites (N-methyl/N-ethyl adjacent to an activating group) is 1. The van der Waals surface area contributed by atoms with E-state index in [2.05, 4.69) is 31.1 Å². The zero-order valence-electron chi connectivity index (χ0n) is 11.5. The Labute approximate surface area is 102 Å². The van der Waals surface area contributed by atoms with Crippen LogP contribution in [-0.4, -0.2) is 37.1 Å². The maximum absolute atomic E-state index is 3.71. The molecule has 0 spiro atoms. The first kappa shape index (κ1) is 14.0. The molecule has 16 heavy (non-hydrogen) atoms. The Balaban J connectivity index is 2.26. The Kier molecular flexibility index (Phi) is 7.06. The van der Waals surface area contributed by atoms with E-state index in [1.165, 1.54) is 58.0 Å². The van der Waals surface area contributed by atoms with Crippen LogP contribution in [0, 0.1) is 0 Å². The van der Waals surface area contributed by atoms with Crippen LogP contribution in [0.4, 0.5) is 0 Å². The van der Waals surface area contributed by atoms with Gasteiger partial charge in [-0.2, -0.15) is 0 Å². The van der Waals surface area contributed by atoms with Gasteiger partial charge < -0.3 is 10.2 Å². The monoisotopic (exact) mass is 226 g/mol. The summed E-state index contributed by atoms with van der Waals surface area (Å²) in [5, 5.41) is 3.71. The third-order valence-electron chi connectivity index (χ3n) is 3.82. The molecule has 1 N–H and O–H groups in total. The van der Waals surface area contributed by atoms with Crippen molar-refractivity contribution >= 4 is 0 Å². The molecule has 96 valence electrons. The van der Waals surface area contributed by atoms with E-state index in [9.17, 15) is 0 Å². The summed E-state index contributed by atoms with van der Waals surface area (Å²) in [5.41, 5.74) is 0. The van der Waals surface area contributed by atoms with E-state index in [-0.39, 0.29) is 0 Å². The number of unbranched alkanes of at least 4 members (excludes halogenated alkanes) is 2. The topological polar surface area (TPSA) is 15.3 Å². The molecule has 0 aromatic rings. The summed E-state index contributed by atoms with van der Waals surface area (Å²) in [6, 6.07) is 1.55. The van der Waals surface area contributed by atoms with Crippen molar-refractivity contribution in [1.29, 1.82) is 0 Å². The third kappa shape index (κ3) is 4.42. The first-order valence-electron chi connectivity index (χ1n) is 7.23. The highest BCUT2D eigenvalue weighted by Crippen LogP contribution is 2.23. The van der Waals surface area contributed by atoms with Crippen molar-refractivity contribution < 1.29 is 0 Å². The second kappa shape index (κ2) is 8.08. The van der Waals surface area contributed by atoms with Crippen LogP contribution < -0.4 is 5.32 Å². The number of nitrogens with one attached hydrogen (secondary N) is 1. The molecule has 2 nitrogen and oxygen atoms in total. The Morgan fingerprint density at radius 1 is 1.12 bits per heavy atom. The molecule has 0 aromatic heterocycles. The van der Waals surface area contributed by atoms with Crippen LogP contribution >= 0.6 is 0 Å². The van der Waals surface area contributed by atoms with E-state index in [0.717, 1.165) is 12.1 Å². The molecule has 0 amide bonds. The maximum Gasteiger partial charge on any atom is 0.0246 e. The van der Waals surface area contributed by atoms with Crippen molar-refractivity contribution in [3.63, 3.8) is 0 Å². The van der Waals surface area contributed by atoms with E-state index in [1.807, 2.05) is 0 Å². The smallest absolute Gasteiger partial charge is 0.0246 e. The highest BCUT2D eigenvalue weighted by Gasteiger charge is 2.29. The minimum Gasteiger partial charge on any atom is -0.312 e. The zero-order valence-corrected chi connectivity index (χ0v) is 11.5. The van der Waals surface area contributed by atoms with Crippen molar-refractivity contribution in [2.24, 2.45) is 0 Å². The molecular weight excluding hydrogens is 196 g/mol. The van der Waals surface area contributed by atoms with Crippen LogP contribution in [0.5, 0.6) is 0 Å². The maximum atomic E-state index is 3.71. The third-order valence-corrected chi connectivity index (χ3v) is 3.82. The lowest BCUT2D eigenvalue weighted by Gasteiger charge is -2.30. The Morgan fingerprint density at radius 3 is 2.62 bits per heavy atom. The van der Waals surface area contributed by atoms with Crippen LogP contribution in [0.25, 0.3) is 0 Å². The molecule has 1 rings (SSSR count). The lowest BCUT2D eigenvalue weighted by Crippen LogP contribution is -2.45. The average Bonchev–Trinajstić information content (AvgIpc) is 2.74. The molecule has 2 unspecified atom stereocenters. The highest BCUT2D eigenvalue weighted by molar-refractivity contribution is 4.89. The molecule has 1 saturated carbocycles. The quantitative estimate of drug-likeness (QED) is 0.640. The van der Waals surface area contributed by atoms with Gasteiger partial charge in [0, 0.05) is 12.1 Å². The van der Waals surface area contributed by atoms with E-state index < -0.39 is 0 Å². The van der Waals surface area contributed by atoms with Crippen molar-refractivity contribution in [3.05, 3.63) is 0 Å². The standard InChI is InChI=1S/C14H30N2/c1-4-6-7-12-16(3)14-10-8-9-13(14)15-11-5-2/h13-15H,4-12H2,1-3H3. The van der Waals surface area contributed by atoms with Gasteiger partial charge in [-0.3, -0.25) is 0 Å². The SMILES string of the molecule is CCCCCN(C)C1CCCC1NCCC. The molecule has 2 atom stereocenters. The largest absolute Gasteiger partial charge is 0.312 e. The van der Waals surface area contributed by atoms with Crippen molar-refractivity contribution in [3.8, 4) is 0 Å². The molecular formula is C14H30N2. The van der Waals surface area contributed by atoms with Crippen LogP contribution in [0.3, 0.4) is 0 Å². The van der Waals surface area contributed by atoms with E-state index >= 15 is 0 Å². The first-order valence-corrected chi connectivity index (χ1v) is 7.23. The van der Waals surface area contributed by atoms with Crippen molar-refractivity contribution in [1.82, 2.24) is 10.2 Å². The predicted molar refractivity (Wildman–Crippen MR) is 71.9 cm³/mol. The summed E-state index contributed by atoms with van der Waals surface area (Å²) >= 11 is 0. The first-order chi connectivity index (χ1) is 7.79. The molecule has 1 aliphatic rings. The molecule has 0 bridgehead atoms. The zero-order chi connectivity index (χ0) is 11.8.